The van der Waals surface area contributed by atoms with E-state index < -0.39 is 9.39 Å². The Balaban J connectivity index is 3.88. The van der Waals surface area contributed by atoms with Crippen LogP contribution in [0.25, 0.3) is 0 Å². The van der Waals surface area contributed by atoms with Crippen molar-refractivity contribution >= 4 is 40.8 Å². The molecule has 0 heterocycles. The van der Waals surface area contributed by atoms with Gasteiger partial charge in [0, 0.05) is 6.42 Å². The van der Waals surface area contributed by atoms with Crippen molar-refractivity contribution in [2.24, 2.45) is 0 Å². The topological polar surface area (TPSA) is 26.3 Å². The van der Waals surface area contributed by atoms with Gasteiger partial charge in [-0.15, -0.1) is 0 Å². The molecule has 112 valence electrons. The summed E-state index contributed by atoms with van der Waals surface area (Å²) in [6.07, 6.45) is 9.76. The Morgan fingerprint density at radius 1 is 1.11 bits per heavy atom. The number of halogens is 3. The zero-order chi connectivity index (χ0) is 14.9. The van der Waals surface area contributed by atoms with E-state index in [0.717, 1.165) is 6.42 Å². The molecule has 0 atom stereocenters. The maximum Gasteiger partial charge on any atom is 0.306 e. The summed E-state index contributed by atoms with van der Waals surface area (Å²) in [6.45, 7) is 5.34. The molecule has 0 aromatic heterocycles. The Hall–Kier alpha value is 0.0800. The monoisotopic (exact) mass is 328 g/mol. The van der Waals surface area contributed by atoms with Gasteiger partial charge in [-0.05, 0) is 33.1 Å². The SMILES string of the molecule is CCCCC/C=C/CCC(=O)OC(C)(C)C(Cl)(Cl)Cl. The second-order valence-electron chi connectivity index (χ2n) is 4.99. The van der Waals surface area contributed by atoms with E-state index in [9.17, 15) is 4.79 Å². The van der Waals surface area contributed by atoms with Gasteiger partial charge in [-0.3, -0.25) is 4.79 Å². The van der Waals surface area contributed by atoms with E-state index in [2.05, 4.69) is 13.0 Å². The summed E-state index contributed by atoms with van der Waals surface area (Å²) >= 11 is 17.2. The lowest BCUT2D eigenvalue weighted by molar-refractivity contribution is -0.155. The lowest BCUT2D eigenvalue weighted by atomic mass is 10.1. The first-order chi connectivity index (χ1) is 8.70. The van der Waals surface area contributed by atoms with Crippen LogP contribution in [-0.4, -0.2) is 15.4 Å². The predicted octanol–water partition coefficient (Wildman–Crippen LogP) is 5.60. The first-order valence-electron chi connectivity index (χ1n) is 6.64. The van der Waals surface area contributed by atoms with Crippen LogP contribution >= 0.6 is 34.8 Å². The van der Waals surface area contributed by atoms with Gasteiger partial charge in [-0.2, -0.15) is 0 Å². The van der Waals surface area contributed by atoms with Crippen molar-refractivity contribution in [1.82, 2.24) is 0 Å². The third-order valence-corrected chi connectivity index (χ3v) is 4.07. The number of carbonyl (C=O) groups is 1. The summed E-state index contributed by atoms with van der Waals surface area (Å²) < 4.78 is 3.55. The minimum atomic E-state index is -1.63. The molecule has 0 rings (SSSR count). The second-order valence-corrected chi connectivity index (χ2v) is 7.27. The van der Waals surface area contributed by atoms with Crippen LogP contribution in [0, 0.1) is 0 Å². The first-order valence-corrected chi connectivity index (χ1v) is 7.77. The van der Waals surface area contributed by atoms with Gasteiger partial charge in [-0.1, -0.05) is 66.7 Å². The van der Waals surface area contributed by atoms with E-state index in [4.69, 9.17) is 39.5 Å². The minimum absolute atomic E-state index is 0.300. The van der Waals surface area contributed by atoms with Gasteiger partial charge in [0.15, 0.2) is 5.60 Å². The summed E-state index contributed by atoms with van der Waals surface area (Å²) in [7, 11) is 0. The van der Waals surface area contributed by atoms with Crippen LogP contribution in [0.4, 0.5) is 0 Å². The average molecular weight is 330 g/mol. The molecule has 0 bridgehead atoms. The van der Waals surface area contributed by atoms with E-state index in [1.807, 2.05) is 6.08 Å². The molecule has 0 amide bonds. The molecular formula is C14H23Cl3O2. The highest BCUT2D eigenvalue weighted by molar-refractivity contribution is 6.68. The Kier molecular flexibility index (Phi) is 9.13. The number of allylic oxidation sites excluding steroid dienone is 2. The van der Waals surface area contributed by atoms with Crippen LogP contribution in [0.3, 0.4) is 0 Å². The molecule has 0 spiro atoms. The van der Waals surface area contributed by atoms with Crippen LogP contribution in [0.15, 0.2) is 12.2 Å². The zero-order valence-corrected chi connectivity index (χ0v) is 14.1. The van der Waals surface area contributed by atoms with E-state index in [1.165, 1.54) is 19.3 Å². The van der Waals surface area contributed by atoms with E-state index in [0.29, 0.717) is 12.8 Å². The average Bonchev–Trinajstić information content (AvgIpc) is 2.25. The van der Waals surface area contributed by atoms with Crippen LogP contribution in [0.1, 0.15) is 59.3 Å². The van der Waals surface area contributed by atoms with Gasteiger partial charge < -0.3 is 4.74 Å². The maximum atomic E-state index is 11.6. The molecule has 2 nitrogen and oxygen atoms in total. The number of hydrogen-bond acceptors (Lipinski definition) is 2. The zero-order valence-electron chi connectivity index (χ0n) is 11.8. The molecule has 0 N–H and O–H groups in total. The fraction of sp³-hybridized carbons (Fsp3) is 0.786. The minimum Gasteiger partial charge on any atom is -0.455 e. The summed E-state index contributed by atoms with van der Waals surface area (Å²) in [5, 5.41) is 0. The molecule has 0 aromatic rings. The molecule has 0 saturated heterocycles. The molecule has 5 heteroatoms. The smallest absolute Gasteiger partial charge is 0.306 e. The standard InChI is InChI=1S/C14H23Cl3O2/c1-4-5-6-7-8-9-10-11-12(18)19-13(2,3)14(15,16)17/h8-9H,4-7,10-11H2,1-3H3/b9-8+. The number of ether oxygens (including phenoxy) is 1. The highest BCUT2D eigenvalue weighted by Crippen LogP contribution is 2.40. The number of esters is 1. The number of carbonyl (C=O) groups excluding carboxylic acids is 1. The summed E-state index contributed by atoms with van der Waals surface area (Å²) in [5.41, 5.74) is -1.13. The van der Waals surface area contributed by atoms with Gasteiger partial charge in [0.2, 0.25) is 3.79 Å². The Morgan fingerprint density at radius 3 is 2.21 bits per heavy atom. The number of rotatable bonds is 8. The predicted molar refractivity (Wildman–Crippen MR) is 83.0 cm³/mol. The molecule has 0 aromatic carbocycles. The maximum absolute atomic E-state index is 11.6. The molecule has 0 fully saturated rings. The summed E-state index contributed by atoms with van der Waals surface area (Å²) in [4.78, 5) is 11.6. The van der Waals surface area contributed by atoms with Gasteiger partial charge in [-0.25, -0.2) is 0 Å². The number of alkyl halides is 3. The molecule has 19 heavy (non-hydrogen) atoms. The van der Waals surface area contributed by atoms with Crippen molar-refractivity contribution in [1.29, 1.82) is 0 Å². The largest absolute Gasteiger partial charge is 0.455 e. The van der Waals surface area contributed by atoms with Crippen molar-refractivity contribution in [3.8, 4) is 0 Å². The van der Waals surface area contributed by atoms with Gasteiger partial charge in [0.05, 0.1) is 0 Å². The highest BCUT2D eigenvalue weighted by Gasteiger charge is 2.43. The van der Waals surface area contributed by atoms with Crippen molar-refractivity contribution in [3.63, 3.8) is 0 Å². The Bertz CT molecular complexity index is 294. The molecule has 0 unspecified atom stereocenters. The molecular weight excluding hydrogens is 307 g/mol. The van der Waals surface area contributed by atoms with Crippen molar-refractivity contribution in [2.75, 3.05) is 0 Å². The number of hydrogen-bond donors (Lipinski definition) is 0. The number of unbranched alkanes of at least 4 members (excludes halogenated alkanes) is 3. The summed E-state index contributed by atoms with van der Waals surface area (Å²) in [6, 6.07) is 0. The molecule has 0 aliphatic carbocycles. The fourth-order valence-electron chi connectivity index (χ4n) is 1.34. The first kappa shape index (κ1) is 19.1. The summed E-state index contributed by atoms with van der Waals surface area (Å²) in [5.74, 6) is -0.352. The highest BCUT2D eigenvalue weighted by atomic mass is 35.6. The molecule has 0 radical (unpaired) electrons. The van der Waals surface area contributed by atoms with E-state index >= 15 is 0 Å². The van der Waals surface area contributed by atoms with Crippen LogP contribution in [0.2, 0.25) is 0 Å². The van der Waals surface area contributed by atoms with Crippen LogP contribution in [-0.2, 0) is 9.53 Å². The molecule has 0 saturated carbocycles. The van der Waals surface area contributed by atoms with Crippen LogP contribution in [0.5, 0.6) is 0 Å². The Labute approximate surface area is 131 Å². The van der Waals surface area contributed by atoms with Gasteiger partial charge >= 0.3 is 5.97 Å². The van der Waals surface area contributed by atoms with Gasteiger partial charge in [0.25, 0.3) is 0 Å². The van der Waals surface area contributed by atoms with E-state index in [1.54, 1.807) is 13.8 Å². The van der Waals surface area contributed by atoms with Gasteiger partial charge in [0.1, 0.15) is 0 Å². The van der Waals surface area contributed by atoms with Crippen LogP contribution < -0.4 is 0 Å². The quantitative estimate of drug-likeness (QED) is 0.251. The third kappa shape index (κ3) is 8.78. The molecule has 0 aliphatic heterocycles. The lowest BCUT2D eigenvalue weighted by Crippen LogP contribution is -2.41. The third-order valence-electron chi connectivity index (χ3n) is 2.71. The van der Waals surface area contributed by atoms with Crippen molar-refractivity contribution in [3.05, 3.63) is 12.2 Å². The second kappa shape index (κ2) is 9.10. The lowest BCUT2D eigenvalue weighted by Gasteiger charge is -2.31. The van der Waals surface area contributed by atoms with Crippen molar-refractivity contribution in [2.45, 2.75) is 68.7 Å². The molecule has 0 aliphatic rings. The van der Waals surface area contributed by atoms with E-state index in [-0.39, 0.29) is 5.97 Å². The normalized spacial score (nSPS) is 12.9. The Morgan fingerprint density at radius 2 is 1.68 bits per heavy atom. The van der Waals surface area contributed by atoms with Crippen molar-refractivity contribution < 1.29 is 9.53 Å². The fourth-order valence-corrected chi connectivity index (χ4v) is 1.46.